The molecule has 1 heterocycles. The number of hydrogen-bond acceptors (Lipinski definition) is 5. The molecule has 6 heteroatoms. The number of allylic oxidation sites excluding steroid dienone is 3. The quantitative estimate of drug-likeness (QED) is 0.229. The van der Waals surface area contributed by atoms with Gasteiger partial charge in [-0.25, -0.2) is 0 Å². The Kier molecular flexibility index (Phi) is 8.99. The highest BCUT2D eigenvalue weighted by Crippen LogP contribution is 2.33. The number of aromatic hydroxyl groups is 1. The number of ether oxygens (including phenoxy) is 1. The van der Waals surface area contributed by atoms with E-state index in [1.165, 1.54) is 15.7 Å². The molecule has 6 nitrogen and oxygen atoms in total. The number of hydrogen-bond donors (Lipinski definition) is 1. The van der Waals surface area contributed by atoms with Crippen LogP contribution in [-0.4, -0.2) is 22.9 Å². The normalized spacial score (nSPS) is 11.6. The van der Waals surface area contributed by atoms with E-state index in [2.05, 4.69) is 26.8 Å². The fraction of sp³-hybridized carbons (Fsp3) is 0.458. The Hall–Kier alpha value is -2.73. The Labute approximate surface area is 178 Å². The van der Waals surface area contributed by atoms with E-state index in [9.17, 15) is 9.90 Å². The van der Waals surface area contributed by atoms with Crippen LogP contribution in [-0.2, 0) is 11.9 Å². The SMILES string of the molecule is CCCCOc1c(O)c2ccc(OOC/C=C(\C)CCC=C(C)C)cc2n(C)c1=O. The third-order valence-electron chi connectivity index (χ3n) is 4.79. The lowest BCUT2D eigenvalue weighted by Gasteiger charge is -2.13. The number of unbranched alkanes of at least 4 members (excludes halogenated alkanes) is 1. The second-order valence-corrected chi connectivity index (χ2v) is 7.66. The van der Waals surface area contributed by atoms with Crippen LogP contribution in [0.3, 0.4) is 0 Å². The zero-order valence-electron chi connectivity index (χ0n) is 18.7. The summed E-state index contributed by atoms with van der Waals surface area (Å²) < 4.78 is 6.96. The van der Waals surface area contributed by atoms with Gasteiger partial charge in [0.1, 0.15) is 6.61 Å². The van der Waals surface area contributed by atoms with Crippen LogP contribution in [0.15, 0.2) is 46.3 Å². The topological polar surface area (TPSA) is 69.9 Å². The minimum Gasteiger partial charge on any atom is -0.504 e. The molecule has 0 unspecified atom stereocenters. The van der Waals surface area contributed by atoms with Gasteiger partial charge in [0.25, 0.3) is 5.56 Å². The lowest BCUT2D eigenvalue weighted by atomic mass is 10.1. The van der Waals surface area contributed by atoms with Crippen molar-refractivity contribution < 1.29 is 19.6 Å². The molecule has 2 rings (SSSR count). The van der Waals surface area contributed by atoms with E-state index in [0.717, 1.165) is 25.7 Å². The maximum absolute atomic E-state index is 12.6. The van der Waals surface area contributed by atoms with Crippen LogP contribution in [0, 0.1) is 0 Å². The second kappa shape index (κ2) is 11.5. The first-order chi connectivity index (χ1) is 14.3. The number of fused-ring (bicyclic) bond motifs is 1. The molecule has 30 heavy (non-hydrogen) atoms. The van der Waals surface area contributed by atoms with Crippen LogP contribution in [0.5, 0.6) is 17.2 Å². The lowest BCUT2D eigenvalue weighted by molar-refractivity contribution is -0.195. The minimum atomic E-state index is -0.385. The van der Waals surface area contributed by atoms with Crippen molar-refractivity contribution in [1.82, 2.24) is 4.57 Å². The number of rotatable bonds is 11. The summed E-state index contributed by atoms with van der Waals surface area (Å²) in [7, 11) is 1.64. The van der Waals surface area contributed by atoms with Crippen molar-refractivity contribution in [2.75, 3.05) is 13.2 Å². The maximum Gasteiger partial charge on any atom is 0.297 e. The Morgan fingerprint density at radius 2 is 1.97 bits per heavy atom. The molecular formula is C24H33NO5. The second-order valence-electron chi connectivity index (χ2n) is 7.66. The highest BCUT2D eigenvalue weighted by Gasteiger charge is 2.16. The summed E-state index contributed by atoms with van der Waals surface area (Å²) in [6.07, 6.45) is 7.95. The highest BCUT2D eigenvalue weighted by atomic mass is 17.2. The van der Waals surface area contributed by atoms with Crippen molar-refractivity contribution in [3.8, 4) is 17.2 Å². The molecule has 1 N–H and O–H groups in total. The van der Waals surface area contributed by atoms with E-state index in [1.54, 1.807) is 25.2 Å². The summed E-state index contributed by atoms with van der Waals surface area (Å²) in [5, 5.41) is 11.0. The predicted octanol–water partition coefficient (Wildman–Crippen LogP) is 5.43. The molecule has 0 atom stereocenters. The Morgan fingerprint density at radius 3 is 2.67 bits per heavy atom. The average Bonchev–Trinajstić information content (AvgIpc) is 2.71. The fourth-order valence-electron chi connectivity index (χ4n) is 2.94. The van der Waals surface area contributed by atoms with Crippen LogP contribution in [0.4, 0.5) is 0 Å². The van der Waals surface area contributed by atoms with Crippen molar-refractivity contribution in [1.29, 1.82) is 0 Å². The standard InChI is InChI=1S/C24H33NO5/c1-6-7-14-28-23-22(26)20-12-11-19(16-21(20)25(5)24(23)27)30-29-15-13-18(4)10-8-9-17(2)3/h9,11-13,16,26H,6-8,10,14-15H2,1-5H3/b18-13+. The fourth-order valence-corrected chi connectivity index (χ4v) is 2.94. The lowest BCUT2D eigenvalue weighted by Crippen LogP contribution is -2.20. The Balaban J connectivity index is 2.06. The highest BCUT2D eigenvalue weighted by molar-refractivity contribution is 5.88. The smallest absolute Gasteiger partial charge is 0.297 e. The van der Waals surface area contributed by atoms with Gasteiger partial charge < -0.3 is 19.3 Å². The van der Waals surface area contributed by atoms with Crippen molar-refractivity contribution in [2.45, 2.75) is 53.4 Å². The molecule has 0 aliphatic rings. The molecule has 0 aliphatic carbocycles. The molecule has 0 bridgehead atoms. The van der Waals surface area contributed by atoms with E-state index in [4.69, 9.17) is 14.5 Å². The number of pyridine rings is 1. The third-order valence-corrected chi connectivity index (χ3v) is 4.79. The van der Waals surface area contributed by atoms with Crippen molar-refractivity contribution in [3.63, 3.8) is 0 Å². The summed E-state index contributed by atoms with van der Waals surface area (Å²) in [6.45, 7) is 9.00. The molecule has 1 aromatic heterocycles. The number of benzene rings is 1. The maximum atomic E-state index is 12.6. The number of aromatic nitrogens is 1. The van der Waals surface area contributed by atoms with E-state index in [0.29, 0.717) is 29.9 Å². The molecule has 0 fully saturated rings. The Morgan fingerprint density at radius 1 is 1.20 bits per heavy atom. The zero-order valence-corrected chi connectivity index (χ0v) is 18.7. The third kappa shape index (κ3) is 6.39. The molecular weight excluding hydrogens is 382 g/mol. The molecule has 0 amide bonds. The molecule has 0 aliphatic heterocycles. The van der Waals surface area contributed by atoms with E-state index < -0.39 is 0 Å². The monoisotopic (exact) mass is 415 g/mol. The van der Waals surface area contributed by atoms with Crippen molar-refractivity contribution in [3.05, 3.63) is 51.9 Å². The average molecular weight is 416 g/mol. The summed E-state index contributed by atoms with van der Waals surface area (Å²) >= 11 is 0. The van der Waals surface area contributed by atoms with E-state index >= 15 is 0 Å². The minimum absolute atomic E-state index is 0.0166. The van der Waals surface area contributed by atoms with Gasteiger partial charge in [0.2, 0.25) is 5.75 Å². The predicted molar refractivity (Wildman–Crippen MR) is 120 cm³/mol. The molecule has 0 saturated heterocycles. The first-order valence-electron chi connectivity index (χ1n) is 10.4. The van der Waals surface area contributed by atoms with Gasteiger partial charge in [0, 0.05) is 18.5 Å². The molecule has 2 aromatic rings. The molecule has 0 spiro atoms. The van der Waals surface area contributed by atoms with Crippen molar-refractivity contribution in [2.24, 2.45) is 7.05 Å². The van der Waals surface area contributed by atoms with Crippen LogP contribution in [0.2, 0.25) is 0 Å². The van der Waals surface area contributed by atoms with E-state index in [-0.39, 0.29) is 17.1 Å². The first kappa shape index (κ1) is 23.5. The first-order valence-corrected chi connectivity index (χ1v) is 10.4. The molecule has 0 saturated carbocycles. The molecule has 0 radical (unpaired) electrons. The summed E-state index contributed by atoms with van der Waals surface area (Å²) in [5.41, 5.74) is 2.70. The van der Waals surface area contributed by atoms with Crippen LogP contribution in [0.1, 0.15) is 53.4 Å². The van der Waals surface area contributed by atoms with Crippen LogP contribution < -0.4 is 15.2 Å². The van der Waals surface area contributed by atoms with Gasteiger partial charge in [-0.3, -0.25) is 4.79 Å². The largest absolute Gasteiger partial charge is 0.504 e. The number of aryl methyl sites for hydroxylation is 1. The number of nitrogens with zero attached hydrogens (tertiary/aromatic N) is 1. The van der Waals surface area contributed by atoms with Gasteiger partial charge in [-0.05, 0) is 52.2 Å². The Bertz CT molecular complexity index is 968. The van der Waals surface area contributed by atoms with Crippen molar-refractivity contribution >= 4 is 10.9 Å². The molecule has 164 valence electrons. The van der Waals surface area contributed by atoms with Gasteiger partial charge >= 0.3 is 0 Å². The van der Waals surface area contributed by atoms with Gasteiger partial charge in [-0.1, -0.05) is 36.6 Å². The summed E-state index contributed by atoms with van der Waals surface area (Å²) in [5.74, 6) is 0.288. The van der Waals surface area contributed by atoms with Gasteiger partial charge in [-0.15, -0.1) is 0 Å². The summed E-state index contributed by atoms with van der Waals surface area (Å²) in [6, 6.07) is 5.04. The van der Waals surface area contributed by atoms with Gasteiger partial charge in [0.05, 0.1) is 12.1 Å². The van der Waals surface area contributed by atoms with Crippen LogP contribution >= 0.6 is 0 Å². The molecule has 1 aromatic carbocycles. The zero-order chi connectivity index (χ0) is 22.1. The summed E-state index contributed by atoms with van der Waals surface area (Å²) in [4.78, 5) is 23.2. The van der Waals surface area contributed by atoms with Gasteiger partial charge in [-0.2, -0.15) is 4.89 Å². The van der Waals surface area contributed by atoms with E-state index in [1.807, 2.05) is 13.0 Å². The van der Waals surface area contributed by atoms with Gasteiger partial charge in [0.15, 0.2) is 11.5 Å². The van der Waals surface area contributed by atoms with Crippen LogP contribution in [0.25, 0.3) is 10.9 Å².